The maximum atomic E-state index is 13.3. The molecule has 2 fully saturated rings. The fourth-order valence-corrected chi connectivity index (χ4v) is 4.86. The van der Waals surface area contributed by atoms with E-state index in [2.05, 4.69) is 22.6 Å². The van der Waals surface area contributed by atoms with E-state index in [-0.39, 0.29) is 17.4 Å². The fourth-order valence-electron chi connectivity index (χ4n) is 4.86. The Kier molecular flexibility index (Phi) is 6.47. The Morgan fingerprint density at radius 2 is 1.97 bits per heavy atom. The zero-order valence-electron chi connectivity index (χ0n) is 20.1. The van der Waals surface area contributed by atoms with E-state index in [1.807, 2.05) is 36.9 Å². The molecule has 1 spiro atoms. The molecular weight excluding hydrogens is 449 g/mol. The Morgan fingerprint density at radius 1 is 1.20 bits per heavy atom. The van der Waals surface area contributed by atoms with Gasteiger partial charge >= 0.3 is 6.03 Å². The van der Waals surface area contributed by atoms with Crippen LogP contribution in [0.25, 0.3) is 0 Å². The Morgan fingerprint density at radius 3 is 2.66 bits per heavy atom. The van der Waals surface area contributed by atoms with Crippen molar-refractivity contribution < 1.29 is 23.2 Å². The molecule has 2 aliphatic heterocycles. The van der Waals surface area contributed by atoms with Crippen molar-refractivity contribution in [3.8, 4) is 5.75 Å². The van der Waals surface area contributed by atoms with Crippen LogP contribution in [0.4, 0.5) is 15.1 Å². The SMILES string of the molecule is Cc1noc(NC(=O)N2CCC3(CC2)CC(c2ccc(OCc4cccc(F)c4)cc2)CO3)c1C. The first-order chi connectivity index (χ1) is 16.9. The van der Waals surface area contributed by atoms with E-state index >= 15 is 0 Å². The van der Waals surface area contributed by atoms with Crippen molar-refractivity contribution in [1.82, 2.24) is 10.1 Å². The predicted molar refractivity (Wildman–Crippen MR) is 129 cm³/mol. The first-order valence-corrected chi connectivity index (χ1v) is 12.0. The minimum Gasteiger partial charge on any atom is -0.489 e. The number of benzene rings is 2. The lowest BCUT2D eigenvalue weighted by molar-refractivity contribution is -0.0355. The second-order valence-corrected chi connectivity index (χ2v) is 9.52. The van der Waals surface area contributed by atoms with Gasteiger partial charge in [-0.05, 0) is 68.5 Å². The molecule has 1 aromatic heterocycles. The molecule has 1 N–H and O–H groups in total. The van der Waals surface area contributed by atoms with Gasteiger partial charge in [-0.25, -0.2) is 9.18 Å². The fraction of sp³-hybridized carbons (Fsp3) is 0.407. The molecule has 0 radical (unpaired) electrons. The second kappa shape index (κ2) is 9.70. The number of nitrogens with one attached hydrogen (secondary N) is 1. The lowest BCUT2D eigenvalue weighted by atomic mass is 9.83. The summed E-state index contributed by atoms with van der Waals surface area (Å²) >= 11 is 0. The number of amides is 2. The van der Waals surface area contributed by atoms with Gasteiger partial charge in [-0.15, -0.1) is 0 Å². The van der Waals surface area contributed by atoms with Crippen LogP contribution in [0.15, 0.2) is 53.1 Å². The van der Waals surface area contributed by atoms with Crippen LogP contribution in [0.2, 0.25) is 0 Å². The minimum absolute atomic E-state index is 0.164. The highest BCUT2D eigenvalue weighted by Gasteiger charge is 2.43. The lowest BCUT2D eigenvalue weighted by Crippen LogP contribution is -2.47. The van der Waals surface area contributed by atoms with E-state index in [0.717, 1.165) is 41.8 Å². The number of hydrogen-bond acceptors (Lipinski definition) is 5. The van der Waals surface area contributed by atoms with E-state index in [1.54, 1.807) is 6.07 Å². The third-order valence-electron chi connectivity index (χ3n) is 7.19. The number of ether oxygens (including phenoxy) is 2. The van der Waals surface area contributed by atoms with Crippen LogP contribution in [0, 0.1) is 19.7 Å². The number of carbonyl (C=O) groups excluding carboxylic acids is 1. The monoisotopic (exact) mass is 479 g/mol. The number of aryl methyl sites for hydroxylation is 1. The summed E-state index contributed by atoms with van der Waals surface area (Å²) in [4.78, 5) is 14.5. The van der Waals surface area contributed by atoms with Crippen LogP contribution in [-0.4, -0.2) is 41.4 Å². The van der Waals surface area contributed by atoms with Crippen LogP contribution >= 0.6 is 0 Å². The lowest BCUT2D eigenvalue weighted by Gasteiger charge is -2.38. The van der Waals surface area contributed by atoms with Crippen LogP contribution in [0.5, 0.6) is 5.75 Å². The summed E-state index contributed by atoms with van der Waals surface area (Å²) in [6, 6.07) is 14.3. The Bertz CT molecular complexity index is 1190. The molecule has 1 atom stereocenters. The summed E-state index contributed by atoms with van der Waals surface area (Å²) in [5, 5.41) is 6.72. The van der Waals surface area contributed by atoms with E-state index in [9.17, 15) is 9.18 Å². The van der Waals surface area contributed by atoms with Gasteiger partial charge in [-0.2, -0.15) is 0 Å². The number of anilines is 1. The number of carbonyl (C=O) groups is 1. The van der Waals surface area contributed by atoms with Crippen molar-refractivity contribution in [3.05, 3.63) is 76.7 Å². The number of halogens is 1. The summed E-state index contributed by atoms with van der Waals surface area (Å²) in [7, 11) is 0. The molecule has 0 aliphatic carbocycles. The van der Waals surface area contributed by atoms with Gasteiger partial charge in [-0.1, -0.05) is 29.4 Å². The first kappa shape index (κ1) is 23.4. The van der Waals surface area contributed by atoms with Crippen molar-refractivity contribution >= 4 is 11.9 Å². The van der Waals surface area contributed by atoms with Gasteiger partial charge in [0.25, 0.3) is 0 Å². The molecule has 7 nitrogen and oxygen atoms in total. The predicted octanol–water partition coefficient (Wildman–Crippen LogP) is 5.58. The smallest absolute Gasteiger partial charge is 0.324 e. The van der Waals surface area contributed by atoms with Crippen molar-refractivity contribution in [3.63, 3.8) is 0 Å². The highest BCUT2D eigenvalue weighted by molar-refractivity contribution is 5.88. The number of nitrogens with zero attached hydrogens (tertiary/aromatic N) is 2. The van der Waals surface area contributed by atoms with Gasteiger partial charge in [0.2, 0.25) is 5.88 Å². The number of hydrogen-bond donors (Lipinski definition) is 1. The first-order valence-electron chi connectivity index (χ1n) is 12.0. The van der Waals surface area contributed by atoms with Crippen LogP contribution in [-0.2, 0) is 11.3 Å². The van der Waals surface area contributed by atoms with Gasteiger partial charge in [-0.3, -0.25) is 5.32 Å². The summed E-state index contributed by atoms with van der Waals surface area (Å²) in [6.07, 6.45) is 2.55. The molecule has 184 valence electrons. The van der Waals surface area contributed by atoms with Crippen LogP contribution < -0.4 is 10.1 Å². The topological polar surface area (TPSA) is 76.8 Å². The van der Waals surface area contributed by atoms with E-state index in [1.165, 1.54) is 17.7 Å². The number of rotatable bonds is 5. The van der Waals surface area contributed by atoms with Crippen molar-refractivity contribution in [1.29, 1.82) is 0 Å². The molecule has 1 unspecified atom stereocenters. The molecule has 0 bridgehead atoms. The molecule has 2 saturated heterocycles. The van der Waals surface area contributed by atoms with Gasteiger partial charge in [0.05, 0.1) is 17.9 Å². The minimum atomic E-state index is -0.261. The number of aromatic nitrogens is 1. The summed E-state index contributed by atoms with van der Waals surface area (Å²) in [6.45, 7) is 6.00. The third kappa shape index (κ3) is 5.17. The number of urea groups is 1. The molecule has 35 heavy (non-hydrogen) atoms. The standard InChI is InChI=1S/C27H30FN3O4/c1-18-19(2)30-35-25(18)29-26(32)31-12-10-27(11-13-31)15-22(17-34-27)21-6-8-24(9-7-21)33-16-20-4-3-5-23(28)14-20/h3-9,14,22H,10-13,15-17H2,1-2H3,(H,29,32). The van der Waals surface area contributed by atoms with Crippen molar-refractivity contribution in [2.75, 3.05) is 25.0 Å². The molecular formula is C27H30FN3O4. The summed E-state index contributed by atoms with van der Waals surface area (Å²) in [5.41, 5.74) is 3.45. The third-order valence-corrected chi connectivity index (χ3v) is 7.19. The molecule has 3 aromatic rings. The maximum Gasteiger partial charge on any atom is 0.324 e. The largest absolute Gasteiger partial charge is 0.489 e. The van der Waals surface area contributed by atoms with Crippen LogP contribution in [0.1, 0.15) is 47.6 Å². The van der Waals surface area contributed by atoms with Crippen molar-refractivity contribution in [2.45, 2.75) is 51.2 Å². The van der Waals surface area contributed by atoms with Gasteiger partial charge in [0.15, 0.2) is 0 Å². The Balaban J connectivity index is 1.12. The highest BCUT2D eigenvalue weighted by atomic mass is 19.1. The number of piperidine rings is 1. The summed E-state index contributed by atoms with van der Waals surface area (Å²) in [5.74, 6) is 1.21. The van der Waals surface area contributed by atoms with Gasteiger partial charge in [0.1, 0.15) is 18.2 Å². The molecule has 0 saturated carbocycles. The van der Waals surface area contributed by atoms with Gasteiger partial charge < -0.3 is 18.9 Å². The highest BCUT2D eigenvalue weighted by Crippen LogP contribution is 2.43. The quantitative estimate of drug-likeness (QED) is 0.517. The average Bonchev–Trinajstić information content (AvgIpc) is 3.42. The molecule has 8 heteroatoms. The molecule has 2 aromatic carbocycles. The molecule has 5 rings (SSSR count). The van der Waals surface area contributed by atoms with E-state index in [4.69, 9.17) is 14.0 Å². The second-order valence-electron chi connectivity index (χ2n) is 9.52. The van der Waals surface area contributed by atoms with Gasteiger partial charge in [0, 0.05) is 24.6 Å². The molecule has 3 heterocycles. The Hall–Kier alpha value is -3.39. The summed E-state index contributed by atoms with van der Waals surface area (Å²) < 4.78 is 30.7. The average molecular weight is 480 g/mol. The van der Waals surface area contributed by atoms with E-state index < -0.39 is 0 Å². The maximum absolute atomic E-state index is 13.3. The Labute approximate surface area is 204 Å². The van der Waals surface area contributed by atoms with E-state index in [0.29, 0.717) is 38.1 Å². The van der Waals surface area contributed by atoms with Crippen molar-refractivity contribution in [2.24, 2.45) is 0 Å². The normalized spacial score (nSPS) is 19.2. The zero-order chi connectivity index (χ0) is 24.4. The number of likely N-dealkylation sites (tertiary alicyclic amines) is 1. The molecule has 2 amide bonds. The molecule has 2 aliphatic rings. The van der Waals surface area contributed by atoms with Crippen LogP contribution in [0.3, 0.4) is 0 Å². The zero-order valence-corrected chi connectivity index (χ0v) is 20.1.